The second-order valence-corrected chi connectivity index (χ2v) is 7.06. The summed E-state index contributed by atoms with van der Waals surface area (Å²) in [6, 6.07) is 0.194. The second kappa shape index (κ2) is 4.55. The Labute approximate surface area is 101 Å². The van der Waals surface area contributed by atoms with E-state index >= 15 is 0 Å². The van der Waals surface area contributed by atoms with Crippen LogP contribution in [0.5, 0.6) is 0 Å². The van der Waals surface area contributed by atoms with Crippen LogP contribution in [0.1, 0.15) is 19.8 Å². The molecule has 0 spiro atoms. The van der Waals surface area contributed by atoms with Gasteiger partial charge in [0.2, 0.25) is 10.0 Å². The monoisotopic (exact) mass is 262 g/mol. The first-order valence-electron chi connectivity index (χ1n) is 5.88. The molecule has 0 amide bonds. The van der Waals surface area contributed by atoms with Crippen molar-refractivity contribution < 1.29 is 18.3 Å². The lowest BCUT2D eigenvalue weighted by atomic mass is 9.94. The average molecular weight is 262 g/mol. The molecule has 1 unspecified atom stereocenters. The van der Waals surface area contributed by atoms with Gasteiger partial charge in [-0.15, -0.1) is 0 Å². The van der Waals surface area contributed by atoms with Crippen molar-refractivity contribution in [3.05, 3.63) is 0 Å². The van der Waals surface area contributed by atoms with Crippen molar-refractivity contribution in [3.8, 4) is 0 Å². The predicted molar refractivity (Wildman–Crippen MR) is 62.1 cm³/mol. The molecule has 0 aromatic rings. The van der Waals surface area contributed by atoms with E-state index in [1.165, 1.54) is 11.2 Å². The van der Waals surface area contributed by atoms with Crippen LogP contribution in [0, 0.1) is 5.92 Å². The summed E-state index contributed by atoms with van der Waals surface area (Å²) in [5.74, 6) is -0.952. The molecule has 0 aliphatic carbocycles. The normalized spacial score (nSPS) is 32.1. The molecule has 2 heterocycles. The van der Waals surface area contributed by atoms with E-state index in [9.17, 15) is 13.2 Å². The topological polar surface area (TPSA) is 86.7 Å². The predicted octanol–water partition coefficient (Wildman–Crippen LogP) is -0.527. The van der Waals surface area contributed by atoms with Gasteiger partial charge in [0.05, 0.1) is 0 Å². The number of aliphatic carboxylic acids is 1. The highest BCUT2D eigenvalue weighted by atomic mass is 32.2. The van der Waals surface area contributed by atoms with Crippen molar-refractivity contribution in [2.45, 2.75) is 31.1 Å². The number of nitrogens with one attached hydrogen (secondary N) is 1. The fourth-order valence-corrected chi connectivity index (χ4v) is 4.04. The van der Waals surface area contributed by atoms with Gasteiger partial charge in [-0.1, -0.05) is 0 Å². The first-order chi connectivity index (χ1) is 7.93. The standard InChI is InChI=1S/C10H18N2O4S/c1-7(10(13)14)17(15,16)12-5-8-3-2-4-11-9(8)6-12/h7-9,11H,2-6H2,1H3,(H,13,14)/t7?,8-,9+/m0/s1. The van der Waals surface area contributed by atoms with Crippen LogP contribution in [0.4, 0.5) is 0 Å². The molecule has 0 radical (unpaired) electrons. The van der Waals surface area contributed by atoms with Crippen LogP contribution in [-0.4, -0.2) is 54.7 Å². The summed E-state index contributed by atoms with van der Waals surface area (Å²) >= 11 is 0. The van der Waals surface area contributed by atoms with Gasteiger partial charge in [0.25, 0.3) is 0 Å². The van der Waals surface area contributed by atoms with Crippen molar-refractivity contribution in [1.29, 1.82) is 0 Å². The van der Waals surface area contributed by atoms with E-state index in [1.54, 1.807) is 0 Å². The number of carbonyl (C=O) groups is 1. The van der Waals surface area contributed by atoms with Crippen LogP contribution >= 0.6 is 0 Å². The van der Waals surface area contributed by atoms with Gasteiger partial charge in [-0.05, 0) is 32.2 Å². The van der Waals surface area contributed by atoms with Crippen LogP contribution in [0.2, 0.25) is 0 Å². The summed E-state index contributed by atoms with van der Waals surface area (Å²) in [6.45, 7) is 3.01. The van der Waals surface area contributed by atoms with E-state index in [2.05, 4.69) is 5.32 Å². The van der Waals surface area contributed by atoms with Crippen LogP contribution in [0.25, 0.3) is 0 Å². The van der Waals surface area contributed by atoms with Gasteiger partial charge in [0.15, 0.2) is 5.25 Å². The SMILES string of the molecule is CC(C(=O)O)S(=O)(=O)N1C[C@@H]2CCCN[C@@H]2C1. The van der Waals surface area contributed by atoms with Gasteiger partial charge in [-0.2, -0.15) is 4.31 Å². The Morgan fingerprint density at radius 2 is 2.18 bits per heavy atom. The molecular weight excluding hydrogens is 244 g/mol. The molecule has 0 aromatic carbocycles. The van der Waals surface area contributed by atoms with Crippen LogP contribution in [0.15, 0.2) is 0 Å². The molecule has 17 heavy (non-hydrogen) atoms. The number of sulfonamides is 1. The summed E-state index contributed by atoms with van der Waals surface area (Å²) in [4.78, 5) is 10.8. The maximum absolute atomic E-state index is 12.0. The molecule has 2 aliphatic heterocycles. The quantitative estimate of drug-likeness (QED) is 0.714. The van der Waals surface area contributed by atoms with Crippen molar-refractivity contribution >= 4 is 16.0 Å². The zero-order chi connectivity index (χ0) is 12.6. The minimum atomic E-state index is -3.70. The number of hydrogen-bond donors (Lipinski definition) is 2. The van der Waals surface area contributed by atoms with E-state index in [4.69, 9.17) is 5.11 Å². The maximum Gasteiger partial charge on any atom is 0.323 e. The van der Waals surface area contributed by atoms with E-state index in [1.807, 2.05) is 0 Å². The average Bonchev–Trinajstić information content (AvgIpc) is 2.71. The molecule has 0 saturated carbocycles. The highest BCUT2D eigenvalue weighted by Gasteiger charge is 2.43. The third-order valence-electron chi connectivity index (χ3n) is 3.72. The third-order valence-corrected chi connectivity index (χ3v) is 5.83. The van der Waals surface area contributed by atoms with Gasteiger partial charge < -0.3 is 10.4 Å². The zero-order valence-corrected chi connectivity index (χ0v) is 10.6. The summed E-state index contributed by atoms with van der Waals surface area (Å²) in [6.07, 6.45) is 2.08. The molecule has 2 N–H and O–H groups in total. The molecule has 0 aromatic heterocycles. The molecular formula is C10H18N2O4S. The Kier molecular flexibility index (Phi) is 3.42. The van der Waals surface area contributed by atoms with Crippen molar-refractivity contribution in [2.75, 3.05) is 19.6 Å². The molecule has 2 rings (SSSR count). The second-order valence-electron chi connectivity index (χ2n) is 4.81. The first-order valence-corrected chi connectivity index (χ1v) is 7.38. The molecule has 2 fully saturated rings. The van der Waals surface area contributed by atoms with Crippen LogP contribution < -0.4 is 5.32 Å². The summed E-state index contributed by atoms with van der Waals surface area (Å²) in [5.41, 5.74) is 0. The van der Waals surface area contributed by atoms with Gasteiger partial charge in [-0.25, -0.2) is 8.42 Å². The largest absolute Gasteiger partial charge is 0.480 e. The van der Waals surface area contributed by atoms with Crippen molar-refractivity contribution in [1.82, 2.24) is 9.62 Å². The van der Waals surface area contributed by atoms with E-state index in [0.29, 0.717) is 19.0 Å². The zero-order valence-electron chi connectivity index (χ0n) is 9.80. The minimum Gasteiger partial charge on any atom is -0.480 e. The van der Waals surface area contributed by atoms with E-state index in [-0.39, 0.29) is 6.04 Å². The number of carboxylic acid groups (broad SMARTS) is 1. The van der Waals surface area contributed by atoms with Crippen molar-refractivity contribution in [3.63, 3.8) is 0 Å². The van der Waals surface area contributed by atoms with Gasteiger partial charge in [0, 0.05) is 19.1 Å². The van der Waals surface area contributed by atoms with Gasteiger partial charge in [-0.3, -0.25) is 4.79 Å². The Bertz CT molecular complexity index is 395. The molecule has 2 saturated heterocycles. The fraction of sp³-hybridized carbons (Fsp3) is 0.900. The minimum absolute atomic E-state index is 0.194. The number of piperidine rings is 1. The highest BCUT2D eigenvalue weighted by Crippen LogP contribution is 2.28. The Morgan fingerprint density at radius 1 is 1.47 bits per heavy atom. The first kappa shape index (κ1) is 12.8. The summed E-state index contributed by atoms with van der Waals surface area (Å²) in [7, 11) is -3.70. The Hall–Kier alpha value is -0.660. The number of hydrogen-bond acceptors (Lipinski definition) is 4. The number of carboxylic acids is 1. The van der Waals surface area contributed by atoms with Gasteiger partial charge >= 0.3 is 5.97 Å². The smallest absolute Gasteiger partial charge is 0.323 e. The molecule has 3 atom stereocenters. The highest BCUT2D eigenvalue weighted by molar-refractivity contribution is 7.90. The lowest BCUT2D eigenvalue weighted by Crippen LogP contribution is -2.42. The fourth-order valence-electron chi connectivity index (χ4n) is 2.57. The van der Waals surface area contributed by atoms with Gasteiger partial charge in [0.1, 0.15) is 0 Å². The molecule has 98 valence electrons. The molecule has 2 aliphatic rings. The number of fused-ring (bicyclic) bond motifs is 1. The summed E-state index contributed by atoms with van der Waals surface area (Å²) in [5, 5.41) is 10.8. The third kappa shape index (κ3) is 2.31. The molecule has 0 bridgehead atoms. The lowest BCUT2D eigenvalue weighted by molar-refractivity contribution is -0.136. The van der Waals surface area contributed by atoms with Crippen LogP contribution in [-0.2, 0) is 14.8 Å². The Morgan fingerprint density at radius 3 is 2.76 bits per heavy atom. The molecule has 6 nitrogen and oxygen atoms in total. The van der Waals surface area contributed by atoms with Crippen LogP contribution in [0.3, 0.4) is 0 Å². The van der Waals surface area contributed by atoms with E-state index < -0.39 is 21.2 Å². The van der Waals surface area contributed by atoms with E-state index in [0.717, 1.165) is 19.4 Å². The molecule has 7 heteroatoms. The number of nitrogens with zero attached hydrogens (tertiary/aromatic N) is 1. The lowest BCUT2D eigenvalue weighted by Gasteiger charge is -2.24. The number of rotatable bonds is 3. The Balaban J connectivity index is 2.11. The van der Waals surface area contributed by atoms with Crippen molar-refractivity contribution in [2.24, 2.45) is 5.92 Å². The summed E-state index contributed by atoms with van der Waals surface area (Å²) < 4.78 is 25.4. The maximum atomic E-state index is 12.0.